The molecule has 0 bridgehead atoms. The Kier molecular flexibility index (Phi) is 7.54. The van der Waals surface area contributed by atoms with Gasteiger partial charge >= 0.3 is 6.61 Å². The minimum absolute atomic E-state index is 0.0635. The second-order valence-electron chi connectivity index (χ2n) is 7.04. The van der Waals surface area contributed by atoms with Gasteiger partial charge in [0.15, 0.2) is 4.80 Å². The zero-order valence-electron chi connectivity index (χ0n) is 16.8. The van der Waals surface area contributed by atoms with Crippen LogP contribution in [0.2, 0.25) is 0 Å². The van der Waals surface area contributed by atoms with Crippen LogP contribution >= 0.6 is 23.1 Å². The fraction of sp³-hybridized carbons (Fsp3) is 0.318. The molecule has 1 fully saturated rings. The topological polar surface area (TPSA) is 35.8 Å². The third-order valence-corrected chi connectivity index (χ3v) is 6.46. The molecule has 170 valence electrons. The molecule has 1 aliphatic rings. The average Bonchev–Trinajstić information content (AvgIpc) is 3.40. The van der Waals surface area contributed by atoms with Gasteiger partial charge < -0.3 is 14.0 Å². The van der Waals surface area contributed by atoms with Crippen LogP contribution in [0, 0.1) is 0 Å². The monoisotopic (exact) mass is 484 g/mol. The molecule has 0 unspecified atom stereocenters. The standard InChI is InChI=1S/C22H20F4N2O2S2/c23-20(24)30-16-7-3-14(4-8-16)19-13-31-22(28(19)12-17-2-1-11-29-17)27-15-5-9-18(10-6-15)32-21(25)26/h3-10,13,17,20-21H,1-2,11-12H2/t17-/m1/s1. The zero-order chi connectivity index (χ0) is 22.5. The summed E-state index contributed by atoms with van der Waals surface area (Å²) in [4.78, 5) is 5.92. The minimum Gasteiger partial charge on any atom is -0.435 e. The first-order valence-corrected chi connectivity index (χ1v) is 11.7. The third kappa shape index (κ3) is 5.93. The van der Waals surface area contributed by atoms with Crippen LogP contribution in [0.15, 0.2) is 63.8 Å². The smallest absolute Gasteiger partial charge is 0.387 e. The van der Waals surface area contributed by atoms with Crippen molar-refractivity contribution in [2.24, 2.45) is 4.99 Å². The Bertz CT molecular complexity index is 1080. The van der Waals surface area contributed by atoms with Crippen LogP contribution in [0.25, 0.3) is 11.3 Å². The van der Waals surface area contributed by atoms with Crippen LogP contribution in [-0.4, -0.2) is 29.6 Å². The van der Waals surface area contributed by atoms with Gasteiger partial charge in [-0.1, -0.05) is 11.8 Å². The van der Waals surface area contributed by atoms with Crippen LogP contribution in [0.1, 0.15) is 12.8 Å². The summed E-state index contributed by atoms with van der Waals surface area (Å²) in [6, 6.07) is 13.1. The molecule has 4 nitrogen and oxygen atoms in total. The highest BCUT2D eigenvalue weighted by atomic mass is 32.2. The highest BCUT2D eigenvalue weighted by molar-refractivity contribution is 7.99. The SMILES string of the molecule is FC(F)Oc1ccc(-c2csc(=Nc3ccc(SC(F)F)cc3)n2C[C@H]2CCCO2)cc1. The molecule has 0 N–H and O–H groups in total. The Morgan fingerprint density at radius 2 is 1.84 bits per heavy atom. The number of thioether (sulfide) groups is 1. The summed E-state index contributed by atoms with van der Waals surface area (Å²) in [6.07, 6.45) is 2.01. The van der Waals surface area contributed by atoms with E-state index in [-0.39, 0.29) is 11.9 Å². The first-order chi connectivity index (χ1) is 15.5. The Balaban J connectivity index is 1.66. The predicted molar refractivity (Wildman–Crippen MR) is 117 cm³/mol. The van der Waals surface area contributed by atoms with E-state index in [2.05, 4.69) is 4.74 Å². The van der Waals surface area contributed by atoms with E-state index in [0.717, 1.165) is 35.5 Å². The maximum absolute atomic E-state index is 12.5. The molecule has 2 aromatic carbocycles. The van der Waals surface area contributed by atoms with E-state index in [9.17, 15) is 17.6 Å². The Hall–Kier alpha value is -2.30. The molecule has 0 amide bonds. The number of aromatic nitrogens is 1. The lowest BCUT2D eigenvalue weighted by atomic mass is 10.1. The van der Waals surface area contributed by atoms with Gasteiger partial charge in [-0.15, -0.1) is 11.3 Å². The summed E-state index contributed by atoms with van der Waals surface area (Å²) in [5.41, 5.74) is 2.38. The number of nitrogens with zero attached hydrogens (tertiary/aromatic N) is 2. The number of ether oxygens (including phenoxy) is 2. The van der Waals surface area contributed by atoms with E-state index in [0.29, 0.717) is 28.9 Å². The second-order valence-corrected chi connectivity index (χ2v) is 8.94. The summed E-state index contributed by atoms with van der Waals surface area (Å²) in [6.45, 7) is -1.55. The molecule has 32 heavy (non-hydrogen) atoms. The lowest BCUT2D eigenvalue weighted by Gasteiger charge is -2.14. The van der Waals surface area contributed by atoms with Crippen LogP contribution in [0.4, 0.5) is 23.2 Å². The number of alkyl halides is 4. The molecule has 1 saturated heterocycles. The molecule has 1 aliphatic heterocycles. The lowest BCUT2D eigenvalue weighted by molar-refractivity contribution is -0.0498. The van der Waals surface area contributed by atoms with Gasteiger partial charge in [0.25, 0.3) is 5.76 Å². The third-order valence-electron chi connectivity index (χ3n) is 4.87. The molecule has 10 heteroatoms. The maximum Gasteiger partial charge on any atom is 0.387 e. The van der Waals surface area contributed by atoms with Crippen molar-refractivity contribution in [2.45, 2.75) is 42.8 Å². The van der Waals surface area contributed by atoms with E-state index in [1.54, 1.807) is 36.4 Å². The minimum atomic E-state index is -2.87. The molecule has 1 atom stereocenters. The Morgan fingerprint density at radius 3 is 2.47 bits per heavy atom. The summed E-state index contributed by atoms with van der Waals surface area (Å²) in [7, 11) is 0. The van der Waals surface area contributed by atoms with Crippen molar-refractivity contribution in [3.63, 3.8) is 0 Å². The highest BCUT2D eigenvalue weighted by Gasteiger charge is 2.19. The van der Waals surface area contributed by atoms with Gasteiger partial charge in [0, 0.05) is 16.9 Å². The number of halogens is 4. The van der Waals surface area contributed by atoms with Gasteiger partial charge in [0.1, 0.15) is 5.75 Å². The van der Waals surface area contributed by atoms with Gasteiger partial charge in [-0.05, 0) is 66.9 Å². The Labute approximate surface area is 190 Å². The molecular formula is C22H20F4N2O2S2. The predicted octanol–water partition coefficient (Wildman–Crippen LogP) is 6.54. The normalized spacial score (nSPS) is 16.9. The van der Waals surface area contributed by atoms with Crippen molar-refractivity contribution < 1.29 is 27.0 Å². The van der Waals surface area contributed by atoms with Gasteiger partial charge in [-0.25, -0.2) is 4.99 Å². The highest BCUT2D eigenvalue weighted by Crippen LogP contribution is 2.28. The molecule has 0 spiro atoms. The van der Waals surface area contributed by atoms with Crippen LogP contribution < -0.4 is 9.54 Å². The quantitative estimate of drug-likeness (QED) is 0.269. The number of benzene rings is 2. The summed E-state index contributed by atoms with van der Waals surface area (Å²) >= 11 is 1.94. The fourth-order valence-corrected chi connectivity index (χ4v) is 4.88. The van der Waals surface area contributed by atoms with E-state index in [1.165, 1.54) is 23.5 Å². The first-order valence-electron chi connectivity index (χ1n) is 9.93. The molecule has 1 aromatic heterocycles. The number of hydrogen-bond acceptors (Lipinski definition) is 5. The van der Waals surface area contributed by atoms with E-state index < -0.39 is 12.4 Å². The maximum atomic E-state index is 12.5. The second kappa shape index (κ2) is 10.5. The van der Waals surface area contributed by atoms with E-state index >= 15 is 0 Å². The van der Waals surface area contributed by atoms with Crippen molar-refractivity contribution in [1.29, 1.82) is 0 Å². The van der Waals surface area contributed by atoms with Gasteiger partial charge in [-0.3, -0.25) is 0 Å². The molecular weight excluding hydrogens is 464 g/mol. The van der Waals surface area contributed by atoms with Gasteiger partial charge in [-0.2, -0.15) is 17.6 Å². The molecule has 2 heterocycles. The van der Waals surface area contributed by atoms with Crippen LogP contribution in [-0.2, 0) is 11.3 Å². The van der Waals surface area contributed by atoms with Crippen molar-refractivity contribution in [1.82, 2.24) is 4.57 Å². The fourth-order valence-electron chi connectivity index (χ4n) is 3.44. The summed E-state index contributed by atoms with van der Waals surface area (Å²) < 4.78 is 62.3. The van der Waals surface area contributed by atoms with E-state index in [4.69, 9.17) is 9.73 Å². The zero-order valence-corrected chi connectivity index (χ0v) is 18.4. The molecule has 4 rings (SSSR count). The van der Waals surface area contributed by atoms with Gasteiger partial charge in [0.05, 0.1) is 24.0 Å². The first kappa shape index (κ1) is 22.9. The molecule has 0 radical (unpaired) electrons. The molecule has 0 aliphatic carbocycles. The van der Waals surface area contributed by atoms with Crippen LogP contribution in [0.3, 0.4) is 0 Å². The van der Waals surface area contributed by atoms with Crippen molar-refractivity contribution in [3.8, 4) is 17.0 Å². The van der Waals surface area contributed by atoms with Gasteiger partial charge in [0.2, 0.25) is 0 Å². The lowest BCUT2D eigenvalue weighted by Crippen LogP contribution is -2.24. The van der Waals surface area contributed by atoms with Crippen molar-refractivity contribution >= 4 is 28.8 Å². The number of rotatable bonds is 8. The van der Waals surface area contributed by atoms with E-state index in [1.807, 2.05) is 9.95 Å². The number of hydrogen-bond donors (Lipinski definition) is 0. The molecule has 3 aromatic rings. The van der Waals surface area contributed by atoms with Crippen molar-refractivity contribution in [3.05, 3.63) is 58.7 Å². The molecule has 0 saturated carbocycles. The Morgan fingerprint density at radius 1 is 1.09 bits per heavy atom. The van der Waals surface area contributed by atoms with Crippen molar-refractivity contribution in [2.75, 3.05) is 6.61 Å². The summed E-state index contributed by atoms with van der Waals surface area (Å²) in [5, 5.41) is 1.96. The van der Waals surface area contributed by atoms with Crippen LogP contribution in [0.5, 0.6) is 5.75 Å². The summed E-state index contributed by atoms with van der Waals surface area (Å²) in [5.74, 6) is -2.37. The number of thiazole rings is 1. The average molecular weight is 485 g/mol. The largest absolute Gasteiger partial charge is 0.435 e.